The fourth-order valence-corrected chi connectivity index (χ4v) is 7.25. The van der Waals surface area contributed by atoms with E-state index in [9.17, 15) is 19.2 Å². The highest BCUT2D eigenvalue weighted by Gasteiger charge is 2.35. The molecule has 8 heteroatoms. The summed E-state index contributed by atoms with van der Waals surface area (Å²) in [6.45, 7) is 20.5. The molecule has 0 aromatic heterocycles. The molecule has 0 spiro atoms. The van der Waals surface area contributed by atoms with Crippen molar-refractivity contribution < 1.29 is 38.9 Å². The van der Waals surface area contributed by atoms with Crippen LogP contribution in [0, 0.1) is 10.8 Å². The third kappa shape index (κ3) is 18.3. The van der Waals surface area contributed by atoms with Crippen molar-refractivity contribution in [3.63, 3.8) is 0 Å². The lowest BCUT2D eigenvalue weighted by Crippen LogP contribution is -2.32. The summed E-state index contributed by atoms with van der Waals surface area (Å²) < 4.78 is 11.3. The van der Waals surface area contributed by atoms with Gasteiger partial charge in [0, 0.05) is 19.3 Å². The minimum absolute atomic E-state index is 0.00256. The predicted molar refractivity (Wildman–Crippen MR) is 230 cm³/mol. The number of aliphatic carboxylic acids is 1. The summed E-state index contributed by atoms with van der Waals surface area (Å²) in [6.07, 6.45) is 31.0. The van der Waals surface area contributed by atoms with E-state index in [4.69, 9.17) is 19.7 Å². The molecule has 57 heavy (non-hydrogen) atoms. The molecular formula is C49H66O8. The molecule has 310 valence electrons. The monoisotopic (exact) mass is 782 g/mol. The van der Waals surface area contributed by atoms with Crippen molar-refractivity contribution in [1.29, 1.82) is 0 Å². The van der Waals surface area contributed by atoms with Crippen LogP contribution in [0.25, 0.3) is 0 Å². The summed E-state index contributed by atoms with van der Waals surface area (Å²) >= 11 is 0. The molecule has 2 aliphatic rings. The van der Waals surface area contributed by atoms with Gasteiger partial charge in [-0.05, 0) is 76.4 Å². The van der Waals surface area contributed by atoms with Gasteiger partial charge in [-0.3, -0.25) is 19.2 Å². The Hall–Kier alpha value is -4.82. The van der Waals surface area contributed by atoms with E-state index in [0.29, 0.717) is 25.7 Å². The average molecular weight is 783 g/mol. The smallest absolute Gasteiger partial charge is 0.306 e. The Morgan fingerprint density at radius 3 is 1.33 bits per heavy atom. The van der Waals surface area contributed by atoms with Crippen LogP contribution in [-0.4, -0.2) is 52.7 Å². The first-order valence-electron chi connectivity index (χ1n) is 19.9. The number of ether oxygens (including phenoxy) is 2. The molecular weight excluding hydrogens is 717 g/mol. The molecule has 2 unspecified atom stereocenters. The third-order valence-electron chi connectivity index (χ3n) is 10.1. The van der Waals surface area contributed by atoms with Crippen LogP contribution in [0.3, 0.4) is 0 Å². The minimum Gasteiger partial charge on any atom is -0.481 e. The lowest BCUT2D eigenvalue weighted by molar-refractivity contribution is -0.153. The number of hydrogen-bond acceptors (Lipinski definition) is 7. The van der Waals surface area contributed by atoms with Crippen molar-refractivity contribution in [3.05, 3.63) is 130 Å². The summed E-state index contributed by atoms with van der Waals surface area (Å²) in [5.41, 5.74) is 8.96. The first-order chi connectivity index (χ1) is 26.7. The van der Waals surface area contributed by atoms with E-state index < -0.39 is 24.5 Å². The van der Waals surface area contributed by atoms with Gasteiger partial charge in [0.2, 0.25) is 0 Å². The number of carboxylic acids is 1. The van der Waals surface area contributed by atoms with Gasteiger partial charge < -0.3 is 19.7 Å². The van der Waals surface area contributed by atoms with Gasteiger partial charge in [-0.15, -0.1) is 0 Å². The van der Waals surface area contributed by atoms with Crippen molar-refractivity contribution in [2.45, 2.75) is 133 Å². The van der Waals surface area contributed by atoms with Crippen LogP contribution in [0.4, 0.5) is 0 Å². The quantitative estimate of drug-likeness (QED) is 0.0979. The topological polar surface area (TPSA) is 127 Å². The maximum Gasteiger partial charge on any atom is 0.306 e. The largest absolute Gasteiger partial charge is 0.481 e. The van der Waals surface area contributed by atoms with Crippen molar-refractivity contribution in [3.8, 4) is 0 Å². The Kier molecular flexibility index (Phi) is 19.9. The molecule has 0 aromatic rings. The zero-order chi connectivity index (χ0) is 42.8. The zero-order valence-corrected chi connectivity index (χ0v) is 35.9. The van der Waals surface area contributed by atoms with E-state index >= 15 is 0 Å². The maximum absolute atomic E-state index is 12.2. The standard InChI is InChI=1S/C49H66O8/c1-34(17-13-19-36(3)21-24-43-38(5)29-41(31-48(43,7)8)56-46(54)27-23-40(51)33-50)15-11-12-16-35(2)18-14-20-37(4)22-25-44-39(6)30-42(32-49(44,9)10)57-47(55)28-26-45(52)53/h11-22,24-25,41-42,50H,23,26-33H2,1-10H3,(H,52,53)/b12-11+,17-13+,18-14+,24-21+,25-22+,34-15+,35-16+,36-19+,37-20+. The second-order valence-corrected chi connectivity index (χ2v) is 16.7. The molecule has 8 nitrogen and oxygen atoms in total. The Morgan fingerprint density at radius 1 is 0.596 bits per heavy atom. The van der Waals surface area contributed by atoms with Crippen LogP contribution in [0.1, 0.15) is 121 Å². The molecule has 0 aliphatic heterocycles. The molecule has 0 heterocycles. The number of carbonyl (C=O) groups excluding carboxylic acids is 3. The number of esters is 2. The first kappa shape index (κ1) is 48.3. The molecule has 2 aliphatic carbocycles. The van der Waals surface area contributed by atoms with Crippen LogP contribution in [0.2, 0.25) is 0 Å². The third-order valence-corrected chi connectivity index (χ3v) is 10.1. The summed E-state index contributed by atoms with van der Waals surface area (Å²) in [4.78, 5) is 46.4. The van der Waals surface area contributed by atoms with Gasteiger partial charge in [0.15, 0.2) is 5.78 Å². The van der Waals surface area contributed by atoms with Gasteiger partial charge in [-0.2, -0.15) is 0 Å². The molecule has 2 N–H and O–H groups in total. The second-order valence-electron chi connectivity index (χ2n) is 16.7. The lowest BCUT2D eigenvalue weighted by atomic mass is 9.71. The van der Waals surface area contributed by atoms with Crippen LogP contribution < -0.4 is 0 Å². The van der Waals surface area contributed by atoms with E-state index in [-0.39, 0.29) is 54.5 Å². The fourth-order valence-electron chi connectivity index (χ4n) is 7.25. The normalized spacial score (nSPS) is 21.2. The van der Waals surface area contributed by atoms with E-state index in [0.717, 1.165) is 22.3 Å². The van der Waals surface area contributed by atoms with Crippen LogP contribution in [0.5, 0.6) is 0 Å². The Balaban J connectivity index is 1.91. The zero-order valence-electron chi connectivity index (χ0n) is 35.9. The van der Waals surface area contributed by atoms with Gasteiger partial charge in [0.25, 0.3) is 0 Å². The molecule has 0 saturated heterocycles. The Bertz CT molecular complexity index is 1810. The molecule has 0 fully saturated rings. The van der Waals surface area contributed by atoms with Crippen molar-refractivity contribution in [2.24, 2.45) is 10.8 Å². The van der Waals surface area contributed by atoms with Crippen molar-refractivity contribution >= 4 is 23.7 Å². The average Bonchev–Trinajstić information content (AvgIpc) is 3.10. The van der Waals surface area contributed by atoms with Gasteiger partial charge in [-0.25, -0.2) is 0 Å². The van der Waals surface area contributed by atoms with Gasteiger partial charge >= 0.3 is 17.9 Å². The molecule has 2 atom stereocenters. The van der Waals surface area contributed by atoms with Crippen LogP contribution in [-0.2, 0) is 28.7 Å². The number of allylic oxidation sites excluding steroid dienone is 20. The Labute approximate surface area is 341 Å². The number of Topliss-reactive ketones (excluding diaryl/α,β-unsaturated/α-hetero) is 1. The van der Waals surface area contributed by atoms with Crippen molar-refractivity contribution in [2.75, 3.05) is 6.61 Å². The van der Waals surface area contributed by atoms with Gasteiger partial charge in [0.05, 0.1) is 19.3 Å². The number of ketones is 1. The fraction of sp³-hybridized carbons (Fsp3) is 0.469. The number of aliphatic hydroxyl groups excluding tert-OH is 1. The number of carboxylic acid groups (broad SMARTS) is 1. The molecule has 0 bridgehead atoms. The highest BCUT2D eigenvalue weighted by Crippen LogP contribution is 2.43. The SMILES string of the molecule is CC1=C(/C=C/C(C)=C/C=C/C(C)=C/C=C/C=C(C)/C=C/C=C(C)/C=C/C2=C(C)CC(OC(=O)CCC(=O)CO)CC2(C)C)C(C)(C)CC(OC(=O)CCC(=O)O)C1. The second kappa shape index (κ2) is 23.4. The maximum atomic E-state index is 12.2. The van der Waals surface area contributed by atoms with E-state index in [2.05, 4.69) is 130 Å². The van der Waals surface area contributed by atoms with E-state index in [1.54, 1.807) is 0 Å². The summed E-state index contributed by atoms with van der Waals surface area (Å²) in [5.74, 6) is -2.21. The molecule has 0 saturated carbocycles. The molecule has 2 rings (SSSR count). The van der Waals surface area contributed by atoms with Gasteiger partial charge in [-0.1, -0.05) is 146 Å². The van der Waals surface area contributed by atoms with Crippen LogP contribution >= 0.6 is 0 Å². The Morgan fingerprint density at radius 2 is 0.965 bits per heavy atom. The number of rotatable bonds is 19. The summed E-state index contributed by atoms with van der Waals surface area (Å²) in [7, 11) is 0. The predicted octanol–water partition coefficient (Wildman–Crippen LogP) is 10.9. The van der Waals surface area contributed by atoms with Gasteiger partial charge in [0.1, 0.15) is 18.8 Å². The first-order valence-corrected chi connectivity index (χ1v) is 19.9. The van der Waals surface area contributed by atoms with E-state index in [1.807, 2.05) is 24.3 Å². The molecule has 0 aromatic carbocycles. The number of carbonyl (C=O) groups is 4. The lowest BCUT2D eigenvalue weighted by Gasteiger charge is -2.37. The summed E-state index contributed by atoms with van der Waals surface area (Å²) in [5, 5.41) is 17.7. The van der Waals surface area contributed by atoms with E-state index in [1.165, 1.54) is 22.3 Å². The number of aliphatic hydroxyl groups is 1. The minimum atomic E-state index is -1.00. The highest BCUT2D eigenvalue weighted by molar-refractivity contribution is 5.83. The van der Waals surface area contributed by atoms with Crippen LogP contribution in [0.15, 0.2) is 130 Å². The number of hydrogen-bond donors (Lipinski definition) is 2. The molecule has 0 amide bonds. The molecule has 0 radical (unpaired) electrons. The highest BCUT2D eigenvalue weighted by atomic mass is 16.5. The van der Waals surface area contributed by atoms with Crippen molar-refractivity contribution in [1.82, 2.24) is 0 Å². The summed E-state index contributed by atoms with van der Waals surface area (Å²) in [6, 6.07) is 0.